The second-order valence-electron chi connectivity index (χ2n) is 6.01. The third-order valence-corrected chi connectivity index (χ3v) is 5.69. The normalized spacial score (nSPS) is 13.2. The third-order valence-electron chi connectivity index (χ3n) is 4.24. The van der Waals surface area contributed by atoms with Crippen LogP contribution in [0.1, 0.15) is 6.92 Å². The number of imidazole rings is 1. The van der Waals surface area contributed by atoms with Crippen LogP contribution in [0.5, 0.6) is 11.5 Å². The van der Waals surface area contributed by atoms with Gasteiger partial charge in [0.2, 0.25) is 0 Å². The number of aromatic amines is 1. The van der Waals surface area contributed by atoms with Crippen LogP contribution in [-0.4, -0.2) is 45.4 Å². The number of aliphatic hydroxyl groups excluding tert-OH is 1. The van der Waals surface area contributed by atoms with Crippen LogP contribution < -0.4 is 9.47 Å². The van der Waals surface area contributed by atoms with Gasteiger partial charge in [-0.3, -0.25) is 4.21 Å². The minimum atomic E-state index is -1.44. The molecule has 3 aromatic rings. The Kier molecular flexibility index (Phi) is 5.93. The summed E-state index contributed by atoms with van der Waals surface area (Å²) in [7, 11) is 1.79. The number of nitrogens with zero attached hydrogens (tertiary/aromatic N) is 1. The van der Waals surface area contributed by atoms with E-state index < -0.39 is 16.0 Å². The molecule has 3 rings (SSSR count). The third kappa shape index (κ3) is 4.04. The van der Waals surface area contributed by atoms with Gasteiger partial charge in [0, 0.05) is 11.1 Å². The molecule has 0 bridgehead atoms. The maximum atomic E-state index is 12.6. The summed E-state index contributed by atoms with van der Waals surface area (Å²) in [6.07, 6.45) is 0. The van der Waals surface area contributed by atoms with Crippen molar-refractivity contribution in [1.82, 2.24) is 9.97 Å². The lowest BCUT2D eigenvalue weighted by atomic mass is 10.0. The van der Waals surface area contributed by atoms with Gasteiger partial charge in [-0.2, -0.15) is 0 Å². The van der Waals surface area contributed by atoms with Gasteiger partial charge in [0.25, 0.3) is 0 Å². The standard InChI is InChI=1S/C20H22N2O4S/c1-13(12-23)27(24)20-21-18(14-4-8-16(25-2)9-5-14)19(22-20)15-6-10-17(26-3)11-7-15/h4-11,13,23H,12H2,1-3H3,(H,21,22). The van der Waals surface area contributed by atoms with Gasteiger partial charge in [-0.1, -0.05) is 0 Å². The highest BCUT2D eigenvalue weighted by molar-refractivity contribution is 7.85. The quantitative estimate of drug-likeness (QED) is 0.651. The number of nitrogens with one attached hydrogen (secondary N) is 1. The van der Waals surface area contributed by atoms with E-state index in [1.165, 1.54) is 0 Å². The van der Waals surface area contributed by atoms with Crippen LogP contribution in [0, 0.1) is 0 Å². The number of ether oxygens (including phenoxy) is 2. The van der Waals surface area contributed by atoms with Gasteiger partial charge in [0.1, 0.15) is 11.5 Å². The van der Waals surface area contributed by atoms with E-state index in [1.807, 2.05) is 48.5 Å². The monoisotopic (exact) mass is 386 g/mol. The number of aromatic nitrogens is 2. The number of benzene rings is 2. The van der Waals surface area contributed by atoms with Crippen LogP contribution in [0.2, 0.25) is 0 Å². The maximum Gasteiger partial charge on any atom is 0.197 e. The Labute approximate surface area is 160 Å². The smallest absolute Gasteiger partial charge is 0.197 e. The molecule has 0 radical (unpaired) electrons. The van der Waals surface area contributed by atoms with E-state index in [0.717, 1.165) is 28.3 Å². The Morgan fingerprint density at radius 1 is 1.00 bits per heavy atom. The van der Waals surface area contributed by atoms with Gasteiger partial charge < -0.3 is 19.6 Å². The molecular formula is C20H22N2O4S. The fourth-order valence-electron chi connectivity index (χ4n) is 2.63. The molecule has 6 nitrogen and oxygen atoms in total. The SMILES string of the molecule is COc1ccc(-c2nc(S(=O)C(C)CO)[nH]c2-c2ccc(OC)cc2)cc1. The number of methoxy groups -OCH3 is 2. The zero-order chi connectivity index (χ0) is 19.4. The van der Waals surface area contributed by atoms with Crippen molar-refractivity contribution in [2.45, 2.75) is 17.3 Å². The fraction of sp³-hybridized carbons (Fsp3) is 0.250. The first-order valence-electron chi connectivity index (χ1n) is 8.47. The van der Waals surface area contributed by atoms with E-state index in [2.05, 4.69) is 9.97 Å². The van der Waals surface area contributed by atoms with Crippen LogP contribution in [0.25, 0.3) is 22.5 Å². The second-order valence-corrected chi connectivity index (χ2v) is 7.80. The summed E-state index contributed by atoms with van der Waals surface area (Å²) in [5, 5.41) is 9.26. The van der Waals surface area contributed by atoms with E-state index in [1.54, 1.807) is 21.1 Å². The number of aliphatic hydroxyl groups is 1. The van der Waals surface area contributed by atoms with Gasteiger partial charge in [-0.05, 0) is 55.5 Å². The molecule has 0 aliphatic rings. The van der Waals surface area contributed by atoms with Crippen LogP contribution in [0.15, 0.2) is 53.7 Å². The number of hydrogen-bond donors (Lipinski definition) is 2. The first-order chi connectivity index (χ1) is 13.1. The molecule has 1 aromatic heterocycles. The first-order valence-corrected chi connectivity index (χ1v) is 9.69. The molecule has 0 aliphatic carbocycles. The minimum Gasteiger partial charge on any atom is -0.497 e. The van der Waals surface area contributed by atoms with Gasteiger partial charge in [-0.25, -0.2) is 4.98 Å². The molecule has 0 saturated carbocycles. The van der Waals surface area contributed by atoms with Crippen molar-refractivity contribution in [1.29, 1.82) is 0 Å². The summed E-state index contributed by atoms with van der Waals surface area (Å²) in [6.45, 7) is 1.54. The average molecular weight is 386 g/mol. The molecular weight excluding hydrogens is 364 g/mol. The zero-order valence-corrected chi connectivity index (χ0v) is 16.2. The van der Waals surface area contributed by atoms with Crippen LogP contribution in [0.3, 0.4) is 0 Å². The molecule has 0 amide bonds. The molecule has 0 fully saturated rings. The van der Waals surface area contributed by atoms with Crippen LogP contribution >= 0.6 is 0 Å². The van der Waals surface area contributed by atoms with E-state index >= 15 is 0 Å². The topological polar surface area (TPSA) is 84.4 Å². The van der Waals surface area contributed by atoms with E-state index in [-0.39, 0.29) is 6.61 Å². The number of H-pyrrole nitrogens is 1. The molecule has 7 heteroatoms. The van der Waals surface area contributed by atoms with Crippen molar-refractivity contribution in [3.8, 4) is 34.0 Å². The molecule has 0 aliphatic heterocycles. The average Bonchev–Trinajstić information content (AvgIpc) is 3.18. The van der Waals surface area contributed by atoms with Gasteiger partial charge in [-0.15, -0.1) is 0 Å². The Balaban J connectivity index is 2.10. The Bertz CT molecular complexity index is 855. The van der Waals surface area contributed by atoms with Crippen molar-refractivity contribution in [2.24, 2.45) is 0 Å². The number of hydrogen-bond acceptors (Lipinski definition) is 5. The van der Waals surface area contributed by atoms with Crippen LogP contribution in [0.4, 0.5) is 0 Å². The van der Waals surface area contributed by atoms with Crippen molar-refractivity contribution < 1.29 is 18.8 Å². The molecule has 142 valence electrons. The summed E-state index contributed by atoms with van der Waals surface area (Å²) >= 11 is 0. The Morgan fingerprint density at radius 2 is 1.52 bits per heavy atom. The van der Waals surface area contributed by atoms with Crippen molar-refractivity contribution in [3.05, 3.63) is 48.5 Å². The van der Waals surface area contributed by atoms with Crippen molar-refractivity contribution in [2.75, 3.05) is 20.8 Å². The lowest BCUT2D eigenvalue weighted by Gasteiger charge is -2.06. The highest BCUT2D eigenvalue weighted by Crippen LogP contribution is 2.33. The lowest BCUT2D eigenvalue weighted by molar-refractivity contribution is 0.298. The van der Waals surface area contributed by atoms with Crippen molar-refractivity contribution in [3.63, 3.8) is 0 Å². The zero-order valence-electron chi connectivity index (χ0n) is 15.4. The highest BCUT2D eigenvalue weighted by atomic mass is 32.2. The van der Waals surface area contributed by atoms with E-state index in [0.29, 0.717) is 10.9 Å². The molecule has 2 unspecified atom stereocenters. The molecule has 27 heavy (non-hydrogen) atoms. The van der Waals surface area contributed by atoms with E-state index in [4.69, 9.17) is 9.47 Å². The summed E-state index contributed by atoms with van der Waals surface area (Å²) < 4.78 is 23.1. The Hall–Kier alpha value is -2.64. The lowest BCUT2D eigenvalue weighted by Crippen LogP contribution is -2.16. The fourth-order valence-corrected chi connectivity index (χ4v) is 3.53. The van der Waals surface area contributed by atoms with Gasteiger partial charge >= 0.3 is 0 Å². The Morgan fingerprint density at radius 3 is 2.00 bits per heavy atom. The second kappa shape index (κ2) is 8.37. The molecule has 1 heterocycles. The molecule has 2 N–H and O–H groups in total. The minimum absolute atomic E-state index is 0.178. The summed E-state index contributed by atoms with van der Waals surface area (Å²) in [5.41, 5.74) is 3.22. The first kappa shape index (κ1) is 19.1. The molecule has 0 saturated heterocycles. The predicted octanol–water partition coefficient (Wildman–Crippen LogP) is 3.25. The molecule has 2 atom stereocenters. The summed E-state index contributed by atoms with van der Waals surface area (Å²) in [6, 6.07) is 15.1. The molecule has 0 spiro atoms. The highest BCUT2D eigenvalue weighted by Gasteiger charge is 2.21. The predicted molar refractivity (Wildman–Crippen MR) is 106 cm³/mol. The summed E-state index contributed by atoms with van der Waals surface area (Å²) in [4.78, 5) is 7.77. The number of rotatable bonds is 7. The van der Waals surface area contributed by atoms with Crippen molar-refractivity contribution >= 4 is 10.8 Å². The summed E-state index contributed by atoms with van der Waals surface area (Å²) in [5.74, 6) is 1.50. The maximum absolute atomic E-state index is 12.6. The van der Waals surface area contributed by atoms with E-state index in [9.17, 15) is 9.32 Å². The largest absolute Gasteiger partial charge is 0.497 e. The van der Waals surface area contributed by atoms with Crippen LogP contribution in [-0.2, 0) is 10.8 Å². The van der Waals surface area contributed by atoms with Gasteiger partial charge in [0.15, 0.2) is 5.16 Å². The van der Waals surface area contributed by atoms with Gasteiger partial charge in [0.05, 0.1) is 48.3 Å². The molecule has 2 aromatic carbocycles.